The lowest BCUT2D eigenvalue weighted by atomic mass is 10.1. The highest BCUT2D eigenvalue weighted by atomic mass is 35.5. The van der Waals surface area contributed by atoms with Crippen molar-refractivity contribution in [2.45, 2.75) is 20.4 Å². The quantitative estimate of drug-likeness (QED) is 0.852. The molecule has 0 N–H and O–H groups in total. The monoisotopic (exact) mass is 260 g/mol. The molecule has 1 aromatic heterocycles. The smallest absolute Gasteiger partial charge is 0.113 e. The van der Waals surface area contributed by atoms with Gasteiger partial charge in [-0.25, -0.2) is 0 Å². The summed E-state index contributed by atoms with van der Waals surface area (Å²) >= 11 is 5.99. The normalized spacial score (nSPS) is 10.6. The van der Waals surface area contributed by atoms with Crippen molar-refractivity contribution in [3.05, 3.63) is 35.0 Å². The number of nitrogens with zero attached hydrogens (tertiary/aromatic N) is 4. The van der Waals surface area contributed by atoms with Gasteiger partial charge in [-0.1, -0.05) is 36.7 Å². The van der Waals surface area contributed by atoms with Gasteiger partial charge >= 0.3 is 0 Å². The number of hydrogen-bond donors (Lipinski definition) is 0. The Morgan fingerprint density at radius 1 is 1.44 bits per heavy atom. The topological polar surface area (TPSA) is 54.5 Å². The first kappa shape index (κ1) is 12.6. The Labute approximate surface area is 111 Å². The lowest BCUT2D eigenvalue weighted by molar-refractivity contribution is 0.472. The molecule has 0 spiro atoms. The summed E-state index contributed by atoms with van der Waals surface area (Å²) in [5.41, 5.74) is 2.10. The highest BCUT2D eigenvalue weighted by molar-refractivity contribution is 6.32. The van der Waals surface area contributed by atoms with Crippen LogP contribution in [0.5, 0.6) is 0 Å². The molecule has 1 aromatic carbocycles. The van der Waals surface area contributed by atoms with E-state index in [9.17, 15) is 0 Å². The van der Waals surface area contributed by atoms with Crippen LogP contribution < -0.4 is 0 Å². The van der Waals surface area contributed by atoms with Crippen molar-refractivity contribution < 1.29 is 0 Å². The summed E-state index contributed by atoms with van der Waals surface area (Å²) < 4.78 is 1.81. The zero-order valence-electron chi connectivity index (χ0n) is 10.3. The molecule has 0 bridgehead atoms. The van der Waals surface area contributed by atoms with E-state index in [1.807, 2.05) is 23.0 Å². The van der Waals surface area contributed by atoms with Crippen LogP contribution in [-0.2, 0) is 6.54 Å². The standard InChI is InChI=1S/C13H13ClN4/c1-9(2)7-18-8-13(16-17-18)10-3-4-11(6-15)12(14)5-10/h3-5,8-9H,7H2,1-2H3. The van der Waals surface area contributed by atoms with Crippen LogP contribution in [0.15, 0.2) is 24.4 Å². The number of hydrogen-bond acceptors (Lipinski definition) is 3. The highest BCUT2D eigenvalue weighted by Gasteiger charge is 2.07. The van der Waals surface area contributed by atoms with Gasteiger partial charge in [0.1, 0.15) is 11.8 Å². The van der Waals surface area contributed by atoms with Gasteiger partial charge in [0, 0.05) is 12.1 Å². The largest absolute Gasteiger partial charge is 0.252 e. The molecule has 4 nitrogen and oxygen atoms in total. The van der Waals surface area contributed by atoms with Crippen molar-refractivity contribution in [1.29, 1.82) is 5.26 Å². The molecule has 0 atom stereocenters. The minimum absolute atomic E-state index is 0.438. The summed E-state index contributed by atoms with van der Waals surface area (Å²) in [5.74, 6) is 0.518. The van der Waals surface area contributed by atoms with E-state index >= 15 is 0 Å². The predicted molar refractivity (Wildman–Crippen MR) is 70.0 cm³/mol. The van der Waals surface area contributed by atoms with Crippen LogP contribution in [0.4, 0.5) is 0 Å². The first-order valence-electron chi connectivity index (χ1n) is 5.70. The lowest BCUT2D eigenvalue weighted by Gasteiger charge is -2.02. The number of nitriles is 1. The van der Waals surface area contributed by atoms with E-state index in [4.69, 9.17) is 16.9 Å². The molecule has 0 radical (unpaired) electrons. The third-order valence-corrected chi connectivity index (χ3v) is 2.79. The minimum Gasteiger partial charge on any atom is -0.252 e. The molecular formula is C13H13ClN4. The number of halogens is 1. The second kappa shape index (κ2) is 5.19. The molecule has 0 saturated carbocycles. The summed E-state index contributed by atoms with van der Waals surface area (Å²) in [6.07, 6.45) is 1.89. The van der Waals surface area contributed by atoms with Gasteiger partial charge in [-0.3, -0.25) is 4.68 Å². The Morgan fingerprint density at radius 3 is 2.83 bits per heavy atom. The van der Waals surface area contributed by atoms with Crippen molar-refractivity contribution in [3.8, 4) is 17.3 Å². The van der Waals surface area contributed by atoms with Crippen LogP contribution in [0, 0.1) is 17.2 Å². The summed E-state index contributed by atoms with van der Waals surface area (Å²) in [4.78, 5) is 0. The number of rotatable bonds is 3. The average Bonchev–Trinajstić information content (AvgIpc) is 2.76. The molecule has 92 valence electrons. The van der Waals surface area contributed by atoms with E-state index in [0.29, 0.717) is 16.5 Å². The molecule has 0 aliphatic heterocycles. The lowest BCUT2D eigenvalue weighted by Crippen LogP contribution is -2.04. The van der Waals surface area contributed by atoms with Crippen molar-refractivity contribution in [2.24, 2.45) is 5.92 Å². The first-order chi connectivity index (χ1) is 8.60. The second-order valence-electron chi connectivity index (χ2n) is 4.53. The zero-order valence-corrected chi connectivity index (χ0v) is 11.0. The number of aromatic nitrogens is 3. The maximum Gasteiger partial charge on any atom is 0.113 e. The molecule has 0 amide bonds. The van der Waals surface area contributed by atoms with Gasteiger partial charge < -0.3 is 0 Å². The van der Waals surface area contributed by atoms with Gasteiger partial charge in [-0.15, -0.1) is 5.10 Å². The minimum atomic E-state index is 0.438. The van der Waals surface area contributed by atoms with Crippen LogP contribution in [0.3, 0.4) is 0 Å². The average molecular weight is 261 g/mol. The maximum absolute atomic E-state index is 8.82. The fraction of sp³-hybridized carbons (Fsp3) is 0.308. The molecule has 5 heteroatoms. The van der Waals surface area contributed by atoms with Gasteiger partial charge in [-0.2, -0.15) is 5.26 Å². The van der Waals surface area contributed by atoms with E-state index in [1.165, 1.54) is 0 Å². The molecule has 2 aromatic rings. The highest BCUT2D eigenvalue weighted by Crippen LogP contribution is 2.23. The molecular weight excluding hydrogens is 248 g/mol. The van der Waals surface area contributed by atoms with Crippen molar-refractivity contribution >= 4 is 11.6 Å². The van der Waals surface area contributed by atoms with Crippen molar-refractivity contribution in [1.82, 2.24) is 15.0 Å². The van der Waals surface area contributed by atoms with E-state index in [1.54, 1.807) is 12.1 Å². The van der Waals surface area contributed by atoms with Crippen LogP contribution >= 0.6 is 11.6 Å². The zero-order chi connectivity index (χ0) is 13.1. The first-order valence-corrected chi connectivity index (χ1v) is 6.08. The van der Waals surface area contributed by atoms with Crippen molar-refractivity contribution in [2.75, 3.05) is 0 Å². The Morgan fingerprint density at radius 2 is 2.22 bits per heavy atom. The Kier molecular flexibility index (Phi) is 3.63. The SMILES string of the molecule is CC(C)Cn1cc(-c2ccc(C#N)c(Cl)c2)nn1. The third kappa shape index (κ3) is 2.69. The molecule has 0 aliphatic rings. The van der Waals surface area contributed by atoms with Gasteiger partial charge in [0.05, 0.1) is 16.8 Å². The van der Waals surface area contributed by atoms with Crippen molar-refractivity contribution in [3.63, 3.8) is 0 Å². The van der Waals surface area contributed by atoms with E-state index in [2.05, 4.69) is 24.2 Å². The van der Waals surface area contributed by atoms with Gasteiger partial charge in [0.2, 0.25) is 0 Å². The summed E-state index contributed by atoms with van der Waals surface area (Å²) in [6.45, 7) is 5.08. The van der Waals surface area contributed by atoms with Crippen LogP contribution in [-0.4, -0.2) is 15.0 Å². The third-order valence-electron chi connectivity index (χ3n) is 2.48. The fourth-order valence-corrected chi connectivity index (χ4v) is 1.88. The van der Waals surface area contributed by atoms with E-state index in [0.717, 1.165) is 17.8 Å². The molecule has 0 unspecified atom stereocenters. The fourth-order valence-electron chi connectivity index (χ4n) is 1.66. The van der Waals surface area contributed by atoms with Gasteiger partial charge in [0.25, 0.3) is 0 Å². The predicted octanol–water partition coefficient (Wildman–Crippen LogP) is 3.13. The van der Waals surface area contributed by atoms with Gasteiger partial charge in [-0.05, 0) is 18.1 Å². The van der Waals surface area contributed by atoms with Crippen LogP contribution in [0.1, 0.15) is 19.4 Å². The molecule has 1 heterocycles. The Bertz CT molecular complexity index is 595. The summed E-state index contributed by atoms with van der Waals surface area (Å²) in [5, 5.41) is 17.4. The molecule has 0 fully saturated rings. The van der Waals surface area contributed by atoms with E-state index < -0.39 is 0 Å². The number of benzene rings is 1. The summed E-state index contributed by atoms with van der Waals surface area (Å²) in [6, 6.07) is 7.29. The Balaban J connectivity index is 2.29. The second-order valence-corrected chi connectivity index (χ2v) is 4.93. The van der Waals surface area contributed by atoms with Crippen LogP contribution in [0.2, 0.25) is 5.02 Å². The van der Waals surface area contributed by atoms with E-state index in [-0.39, 0.29) is 0 Å². The van der Waals surface area contributed by atoms with Gasteiger partial charge in [0.15, 0.2) is 0 Å². The maximum atomic E-state index is 8.82. The molecule has 2 rings (SSSR count). The van der Waals surface area contributed by atoms with Crippen LogP contribution in [0.25, 0.3) is 11.3 Å². The summed E-state index contributed by atoms with van der Waals surface area (Å²) in [7, 11) is 0. The molecule has 18 heavy (non-hydrogen) atoms. The molecule has 0 aliphatic carbocycles. The molecule has 0 saturated heterocycles. The Hall–Kier alpha value is -1.86.